The molecule has 0 aliphatic heterocycles. The fourth-order valence-electron chi connectivity index (χ4n) is 3.39. The van der Waals surface area contributed by atoms with Crippen LogP contribution < -0.4 is 11.0 Å². The van der Waals surface area contributed by atoms with Gasteiger partial charge >= 0.3 is 5.69 Å². The molecule has 4 aromatic rings. The predicted octanol–water partition coefficient (Wildman–Crippen LogP) is 3.77. The van der Waals surface area contributed by atoms with Gasteiger partial charge in [-0.3, -0.25) is 0 Å². The van der Waals surface area contributed by atoms with Gasteiger partial charge in [0.05, 0.1) is 17.9 Å². The van der Waals surface area contributed by atoms with Crippen molar-refractivity contribution < 1.29 is 5.11 Å². The average Bonchev–Trinajstić information content (AvgIpc) is 3.13. The number of imidazole rings is 1. The molecule has 3 N–H and O–H groups in total. The molecule has 0 aliphatic rings. The number of nitrogens with one attached hydrogen (secondary N) is 2. The van der Waals surface area contributed by atoms with E-state index in [2.05, 4.69) is 20.3 Å². The lowest BCUT2D eigenvalue weighted by Gasteiger charge is -2.12. The van der Waals surface area contributed by atoms with Crippen LogP contribution in [0, 0.1) is 13.8 Å². The second-order valence-electron chi connectivity index (χ2n) is 7.32. The molecule has 152 valence electrons. The Morgan fingerprint density at radius 2 is 1.93 bits per heavy atom. The number of nitrogens with zero attached hydrogens (tertiary/aromatic N) is 3. The van der Waals surface area contributed by atoms with Crippen molar-refractivity contribution >= 4 is 5.69 Å². The Kier molecular flexibility index (Phi) is 5.10. The highest BCUT2D eigenvalue weighted by Crippen LogP contribution is 2.28. The van der Waals surface area contributed by atoms with E-state index in [0.29, 0.717) is 17.9 Å². The van der Waals surface area contributed by atoms with Gasteiger partial charge in [0.1, 0.15) is 11.6 Å². The highest BCUT2D eigenvalue weighted by atomic mass is 16.3. The highest BCUT2D eigenvalue weighted by molar-refractivity contribution is 5.72. The van der Waals surface area contributed by atoms with E-state index in [0.717, 1.165) is 33.8 Å². The van der Waals surface area contributed by atoms with Crippen molar-refractivity contribution in [3.05, 3.63) is 82.3 Å². The number of H-pyrrole nitrogens is 1. The molecule has 2 aromatic heterocycles. The zero-order valence-electron chi connectivity index (χ0n) is 17.1. The zero-order chi connectivity index (χ0) is 21.3. The lowest BCUT2D eigenvalue weighted by molar-refractivity contribution is 0.471. The van der Waals surface area contributed by atoms with Gasteiger partial charge in [0, 0.05) is 36.3 Å². The molecule has 4 rings (SSSR count). The van der Waals surface area contributed by atoms with E-state index in [1.807, 2.05) is 62.0 Å². The quantitative estimate of drug-likeness (QED) is 0.473. The number of rotatable bonds is 5. The molecule has 0 saturated carbocycles. The fraction of sp³-hybridized carbons (Fsp3) is 0.174. The van der Waals surface area contributed by atoms with Crippen molar-refractivity contribution in [2.24, 2.45) is 7.05 Å². The maximum atomic E-state index is 12.2. The Balaban J connectivity index is 1.63. The van der Waals surface area contributed by atoms with Crippen LogP contribution in [-0.4, -0.2) is 24.6 Å². The molecule has 7 heteroatoms. The summed E-state index contributed by atoms with van der Waals surface area (Å²) in [6, 6.07) is 13.0. The van der Waals surface area contributed by atoms with Gasteiger partial charge in [-0.05, 0) is 61.4 Å². The minimum absolute atomic E-state index is 0.216. The number of hydrogen-bond donors (Lipinski definition) is 3. The summed E-state index contributed by atoms with van der Waals surface area (Å²) in [7, 11) is 1.96. The number of aryl methyl sites for hydroxylation is 3. The third-order valence-corrected chi connectivity index (χ3v) is 5.13. The lowest BCUT2D eigenvalue weighted by atomic mass is 10.0. The van der Waals surface area contributed by atoms with Gasteiger partial charge in [0.15, 0.2) is 0 Å². The standard InChI is InChI=1S/C23H23N5O2/c1-14-11-17(25-13-22-24-8-9-28(22)3)5-6-18(14)20-12-19(26-23(30)27-20)16-4-7-21(29)15(2)10-16/h4-12,25,29H,13H2,1-3H3,(H,26,27,30). The van der Waals surface area contributed by atoms with E-state index in [9.17, 15) is 9.90 Å². The number of phenolic OH excluding ortho intramolecular Hbond substituents is 1. The van der Waals surface area contributed by atoms with Gasteiger partial charge in [0.25, 0.3) is 0 Å². The van der Waals surface area contributed by atoms with Crippen LogP contribution in [0.2, 0.25) is 0 Å². The van der Waals surface area contributed by atoms with E-state index in [-0.39, 0.29) is 5.75 Å². The molecular weight excluding hydrogens is 378 g/mol. The first-order valence-electron chi connectivity index (χ1n) is 9.63. The topological polar surface area (TPSA) is 95.8 Å². The normalized spacial score (nSPS) is 10.9. The molecule has 0 spiro atoms. The summed E-state index contributed by atoms with van der Waals surface area (Å²) in [4.78, 5) is 23.5. The number of phenols is 1. The fourth-order valence-corrected chi connectivity index (χ4v) is 3.39. The van der Waals surface area contributed by atoms with Crippen molar-refractivity contribution in [3.63, 3.8) is 0 Å². The summed E-state index contributed by atoms with van der Waals surface area (Å²) in [5.74, 6) is 1.16. The number of anilines is 1. The summed E-state index contributed by atoms with van der Waals surface area (Å²) < 4.78 is 1.97. The Bertz CT molecular complexity index is 1270. The van der Waals surface area contributed by atoms with Gasteiger partial charge in [-0.2, -0.15) is 4.98 Å². The summed E-state index contributed by atoms with van der Waals surface area (Å²) in [5, 5.41) is 13.1. The van der Waals surface area contributed by atoms with Crippen LogP contribution in [0.3, 0.4) is 0 Å². The molecule has 2 heterocycles. The van der Waals surface area contributed by atoms with Gasteiger partial charge in [0.2, 0.25) is 0 Å². The molecule has 0 amide bonds. The van der Waals surface area contributed by atoms with Gasteiger partial charge < -0.3 is 20.0 Å². The first-order valence-corrected chi connectivity index (χ1v) is 9.63. The third kappa shape index (κ3) is 3.96. The average molecular weight is 401 g/mol. The summed E-state index contributed by atoms with van der Waals surface area (Å²) >= 11 is 0. The molecule has 0 unspecified atom stereocenters. The lowest BCUT2D eigenvalue weighted by Crippen LogP contribution is -2.12. The molecule has 0 radical (unpaired) electrons. The maximum Gasteiger partial charge on any atom is 0.345 e. The minimum atomic E-state index is -0.412. The van der Waals surface area contributed by atoms with Crippen LogP contribution in [0.15, 0.2) is 59.7 Å². The number of hydrogen-bond acceptors (Lipinski definition) is 5. The molecule has 2 aromatic carbocycles. The molecule has 30 heavy (non-hydrogen) atoms. The number of benzene rings is 2. The highest BCUT2D eigenvalue weighted by Gasteiger charge is 2.10. The number of aromatic nitrogens is 4. The van der Waals surface area contributed by atoms with E-state index >= 15 is 0 Å². The Hall–Kier alpha value is -3.87. The van der Waals surface area contributed by atoms with Crippen molar-refractivity contribution in [2.75, 3.05) is 5.32 Å². The Morgan fingerprint density at radius 1 is 1.10 bits per heavy atom. The Morgan fingerprint density at radius 3 is 2.63 bits per heavy atom. The summed E-state index contributed by atoms with van der Waals surface area (Å²) in [6.45, 7) is 4.44. The van der Waals surface area contributed by atoms with E-state index in [4.69, 9.17) is 0 Å². The van der Waals surface area contributed by atoms with E-state index < -0.39 is 5.69 Å². The second kappa shape index (κ2) is 7.87. The van der Waals surface area contributed by atoms with Crippen LogP contribution in [-0.2, 0) is 13.6 Å². The Labute approximate surface area is 174 Å². The van der Waals surface area contributed by atoms with E-state index in [1.54, 1.807) is 18.3 Å². The molecule has 0 fully saturated rings. The monoisotopic (exact) mass is 401 g/mol. The van der Waals surface area contributed by atoms with Crippen LogP contribution in [0.1, 0.15) is 17.0 Å². The SMILES string of the molecule is Cc1cc(-c2cc(-c3ccc(NCc4nccn4C)cc3C)[nH]c(=O)n2)ccc1O. The molecular formula is C23H23N5O2. The maximum absolute atomic E-state index is 12.2. The molecule has 0 bridgehead atoms. The third-order valence-electron chi connectivity index (χ3n) is 5.13. The summed E-state index contributed by atoms with van der Waals surface area (Å²) in [5.41, 5.74) is 5.29. The predicted molar refractivity (Wildman–Crippen MR) is 117 cm³/mol. The van der Waals surface area contributed by atoms with Crippen molar-refractivity contribution in [1.82, 2.24) is 19.5 Å². The number of aromatic hydroxyl groups is 1. The van der Waals surface area contributed by atoms with Crippen molar-refractivity contribution in [3.8, 4) is 28.3 Å². The number of aromatic amines is 1. The molecule has 0 saturated heterocycles. The molecule has 7 nitrogen and oxygen atoms in total. The molecule has 0 atom stereocenters. The van der Waals surface area contributed by atoms with Gasteiger partial charge in [-0.25, -0.2) is 9.78 Å². The second-order valence-corrected chi connectivity index (χ2v) is 7.32. The first-order chi connectivity index (χ1) is 14.4. The van der Waals surface area contributed by atoms with Crippen LogP contribution >= 0.6 is 0 Å². The zero-order valence-corrected chi connectivity index (χ0v) is 17.1. The smallest absolute Gasteiger partial charge is 0.345 e. The minimum Gasteiger partial charge on any atom is -0.508 e. The van der Waals surface area contributed by atoms with Crippen LogP contribution in [0.4, 0.5) is 5.69 Å². The largest absolute Gasteiger partial charge is 0.508 e. The summed E-state index contributed by atoms with van der Waals surface area (Å²) in [6.07, 6.45) is 3.69. The molecule has 0 aliphatic carbocycles. The van der Waals surface area contributed by atoms with Crippen molar-refractivity contribution in [1.29, 1.82) is 0 Å². The van der Waals surface area contributed by atoms with E-state index in [1.165, 1.54) is 0 Å². The first kappa shape index (κ1) is 19.4. The van der Waals surface area contributed by atoms with Gasteiger partial charge in [-0.15, -0.1) is 0 Å². The van der Waals surface area contributed by atoms with Crippen molar-refractivity contribution in [2.45, 2.75) is 20.4 Å². The van der Waals surface area contributed by atoms with Gasteiger partial charge in [-0.1, -0.05) is 6.07 Å². The van der Waals surface area contributed by atoms with Crippen LogP contribution in [0.5, 0.6) is 5.75 Å². The van der Waals surface area contributed by atoms with Crippen LogP contribution in [0.25, 0.3) is 22.5 Å².